The summed E-state index contributed by atoms with van der Waals surface area (Å²) in [7, 11) is 3.51. The Labute approximate surface area is 190 Å². The van der Waals surface area contributed by atoms with Crippen LogP contribution in [-0.4, -0.2) is 81.3 Å². The van der Waals surface area contributed by atoms with Crippen molar-refractivity contribution in [2.45, 2.75) is 31.8 Å². The van der Waals surface area contributed by atoms with Crippen molar-refractivity contribution in [3.05, 3.63) is 29.8 Å². The molecule has 2 heterocycles. The molecule has 1 N–H and O–H groups in total. The van der Waals surface area contributed by atoms with Gasteiger partial charge in [0, 0.05) is 52.3 Å². The number of piperazine rings is 1. The van der Waals surface area contributed by atoms with Crippen LogP contribution in [0.4, 0.5) is 0 Å². The minimum atomic E-state index is -0.231. The number of amides is 1. The third kappa shape index (κ3) is 5.97. The second-order valence-electron chi connectivity index (χ2n) is 7.39. The van der Waals surface area contributed by atoms with Crippen molar-refractivity contribution in [2.24, 2.45) is 4.99 Å². The number of aliphatic imine (C=N–C) groups is 1. The van der Waals surface area contributed by atoms with E-state index < -0.39 is 0 Å². The molecule has 1 aromatic rings. The minimum Gasteiger partial charge on any atom is -0.496 e. The zero-order valence-electron chi connectivity index (χ0n) is 17.6. The van der Waals surface area contributed by atoms with Crippen LogP contribution < -0.4 is 10.1 Å². The fraction of sp³-hybridized carbons (Fsp3) is 0.619. The molecule has 3 rings (SSSR count). The predicted octanol–water partition coefficient (Wildman–Crippen LogP) is 2.32. The highest BCUT2D eigenvalue weighted by molar-refractivity contribution is 14.0. The smallest absolute Gasteiger partial charge is 0.251 e. The average molecular weight is 516 g/mol. The second kappa shape index (κ2) is 11.6. The van der Waals surface area contributed by atoms with Gasteiger partial charge in [0.1, 0.15) is 11.9 Å². The van der Waals surface area contributed by atoms with E-state index in [0.717, 1.165) is 44.2 Å². The summed E-state index contributed by atoms with van der Waals surface area (Å²) in [6.07, 6.45) is 1.60. The van der Waals surface area contributed by atoms with Gasteiger partial charge in [0.2, 0.25) is 0 Å². The first-order valence-corrected chi connectivity index (χ1v) is 10.1. The lowest BCUT2D eigenvalue weighted by atomic mass is 10.0. The van der Waals surface area contributed by atoms with Crippen molar-refractivity contribution in [1.29, 1.82) is 0 Å². The molecule has 2 fully saturated rings. The molecule has 0 saturated carbocycles. The van der Waals surface area contributed by atoms with E-state index in [1.807, 2.05) is 23.1 Å². The lowest BCUT2D eigenvalue weighted by Gasteiger charge is -2.37. The molecule has 2 aliphatic rings. The summed E-state index contributed by atoms with van der Waals surface area (Å²) >= 11 is 0. The molecule has 0 spiro atoms. The lowest BCUT2D eigenvalue weighted by molar-refractivity contribution is -0.142. The maximum absolute atomic E-state index is 12.5. The topological polar surface area (TPSA) is 66.4 Å². The molecule has 0 aromatic heterocycles. The van der Waals surface area contributed by atoms with Crippen molar-refractivity contribution in [1.82, 2.24) is 15.1 Å². The number of carbonyl (C=O) groups excluding carboxylic acids is 1. The number of halogens is 1. The van der Waals surface area contributed by atoms with Crippen LogP contribution in [-0.2, 0) is 9.53 Å². The molecule has 2 atom stereocenters. The number of para-hydroxylation sites is 1. The summed E-state index contributed by atoms with van der Waals surface area (Å²) in [5, 5.41) is 3.48. The summed E-state index contributed by atoms with van der Waals surface area (Å²) in [6, 6.07) is 8.11. The number of hydrogen-bond acceptors (Lipinski definition) is 4. The van der Waals surface area contributed by atoms with Gasteiger partial charge in [-0.15, -0.1) is 24.0 Å². The van der Waals surface area contributed by atoms with Crippen LogP contribution in [0.1, 0.15) is 31.2 Å². The first-order valence-electron chi connectivity index (χ1n) is 10.1. The number of nitrogens with one attached hydrogen (secondary N) is 1. The zero-order valence-corrected chi connectivity index (χ0v) is 19.9. The van der Waals surface area contributed by atoms with Crippen molar-refractivity contribution in [3.8, 4) is 5.75 Å². The van der Waals surface area contributed by atoms with Gasteiger partial charge in [0.05, 0.1) is 7.11 Å². The average Bonchev–Trinajstić information content (AvgIpc) is 3.29. The van der Waals surface area contributed by atoms with Gasteiger partial charge < -0.3 is 24.6 Å². The quantitative estimate of drug-likeness (QED) is 0.370. The molecule has 7 nitrogen and oxygen atoms in total. The van der Waals surface area contributed by atoms with Crippen LogP contribution in [0.2, 0.25) is 0 Å². The molecule has 29 heavy (non-hydrogen) atoms. The second-order valence-corrected chi connectivity index (χ2v) is 7.39. The third-order valence-corrected chi connectivity index (χ3v) is 5.54. The molecule has 8 heteroatoms. The van der Waals surface area contributed by atoms with Gasteiger partial charge in [-0.05, 0) is 24.5 Å². The van der Waals surface area contributed by atoms with E-state index >= 15 is 0 Å². The molecule has 2 saturated heterocycles. The van der Waals surface area contributed by atoms with E-state index in [9.17, 15) is 4.79 Å². The highest BCUT2D eigenvalue weighted by Gasteiger charge is 2.31. The molecule has 2 unspecified atom stereocenters. The van der Waals surface area contributed by atoms with Crippen LogP contribution in [0, 0.1) is 0 Å². The number of nitrogens with zero attached hydrogens (tertiary/aromatic N) is 3. The lowest BCUT2D eigenvalue weighted by Crippen LogP contribution is -2.55. The summed E-state index contributed by atoms with van der Waals surface area (Å²) in [4.78, 5) is 21.1. The third-order valence-electron chi connectivity index (χ3n) is 5.54. The molecule has 1 amide bonds. The number of ether oxygens (including phenoxy) is 2. The van der Waals surface area contributed by atoms with Gasteiger partial charge >= 0.3 is 0 Å². The summed E-state index contributed by atoms with van der Waals surface area (Å²) in [6.45, 7) is 6.63. The van der Waals surface area contributed by atoms with Crippen molar-refractivity contribution in [3.63, 3.8) is 0 Å². The number of hydrogen-bond donors (Lipinski definition) is 1. The van der Waals surface area contributed by atoms with Crippen molar-refractivity contribution in [2.75, 3.05) is 53.5 Å². The van der Waals surface area contributed by atoms with E-state index in [1.54, 1.807) is 14.2 Å². The van der Waals surface area contributed by atoms with Crippen molar-refractivity contribution < 1.29 is 14.3 Å². The van der Waals surface area contributed by atoms with Crippen LogP contribution in [0.5, 0.6) is 5.75 Å². The molecule has 0 radical (unpaired) electrons. The van der Waals surface area contributed by atoms with E-state index in [-0.39, 0.29) is 41.9 Å². The van der Waals surface area contributed by atoms with Crippen molar-refractivity contribution >= 4 is 35.8 Å². The van der Waals surface area contributed by atoms with Gasteiger partial charge in [-0.1, -0.05) is 25.1 Å². The normalized spacial score (nSPS) is 20.8. The number of benzene rings is 1. The molecule has 162 valence electrons. The number of methoxy groups -OCH3 is 1. The SMILES string of the molecule is CN=C(NCC(C)c1ccccc1OC)N1CCN(C(=O)C2CCCO2)CC1.I. The Morgan fingerprint density at radius 3 is 2.59 bits per heavy atom. The van der Waals surface area contributed by atoms with E-state index in [1.165, 1.54) is 5.56 Å². The first kappa shape index (κ1) is 23.7. The molecule has 1 aromatic carbocycles. The van der Waals surface area contributed by atoms with Gasteiger partial charge in [0.25, 0.3) is 5.91 Å². The van der Waals surface area contributed by atoms with E-state index in [4.69, 9.17) is 9.47 Å². The Bertz CT molecular complexity index is 686. The molecule has 2 aliphatic heterocycles. The molecule has 0 bridgehead atoms. The fourth-order valence-electron chi connectivity index (χ4n) is 3.87. The van der Waals surface area contributed by atoms with Crippen LogP contribution in [0.3, 0.4) is 0 Å². The van der Waals surface area contributed by atoms with E-state index in [2.05, 4.69) is 28.2 Å². The Morgan fingerprint density at radius 1 is 1.28 bits per heavy atom. The Hall–Kier alpha value is -1.55. The first-order chi connectivity index (χ1) is 13.6. The predicted molar refractivity (Wildman–Crippen MR) is 125 cm³/mol. The molecular formula is C21H33IN4O3. The Kier molecular flexibility index (Phi) is 9.48. The highest BCUT2D eigenvalue weighted by atomic mass is 127. The Balaban J connectivity index is 0.00000300. The largest absolute Gasteiger partial charge is 0.496 e. The standard InChI is InChI=1S/C21H32N4O3.HI/c1-16(17-7-4-5-8-18(17)27-3)15-23-21(22-2)25-12-10-24(11-13-25)20(26)19-9-6-14-28-19;/h4-5,7-8,16,19H,6,9-15H2,1-3H3,(H,22,23);1H. The molecular weight excluding hydrogens is 483 g/mol. The van der Waals surface area contributed by atoms with E-state index in [0.29, 0.717) is 19.7 Å². The maximum Gasteiger partial charge on any atom is 0.251 e. The summed E-state index contributed by atoms with van der Waals surface area (Å²) in [5.74, 6) is 2.22. The number of rotatable bonds is 5. The Morgan fingerprint density at radius 2 is 1.97 bits per heavy atom. The van der Waals surface area contributed by atoms with Gasteiger partial charge in [0.15, 0.2) is 5.96 Å². The van der Waals surface area contributed by atoms with Gasteiger partial charge in [-0.2, -0.15) is 0 Å². The van der Waals surface area contributed by atoms with Crippen LogP contribution in [0.25, 0.3) is 0 Å². The van der Waals surface area contributed by atoms with Gasteiger partial charge in [-0.25, -0.2) is 0 Å². The maximum atomic E-state index is 12.5. The number of guanidine groups is 1. The van der Waals surface area contributed by atoms with Crippen LogP contribution in [0.15, 0.2) is 29.3 Å². The zero-order chi connectivity index (χ0) is 19.9. The number of carbonyl (C=O) groups is 1. The fourth-order valence-corrected chi connectivity index (χ4v) is 3.87. The summed E-state index contributed by atoms with van der Waals surface area (Å²) in [5.41, 5.74) is 1.18. The highest BCUT2D eigenvalue weighted by Crippen LogP contribution is 2.25. The monoisotopic (exact) mass is 516 g/mol. The summed E-state index contributed by atoms with van der Waals surface area (Å²) < 4.78 is 11.0. The van der Waals surface area contributed by atoms with Crippen LogP contribution >= 0.6 is 24.0 Å². The van der Waals surface area contributed by atoms with Gasteiger partial charge in [-0.3, -0.25) is 9.79 Å². The minimum absolute atomic E-state index is 0. The molecule has 0 aliphatic carbocycles.